The Morgan fingerprint density at radius 3 is 2.64 bits per heavy atom. The highest BCUT2D eigenvalue weighted by molar-refractivity contribution is 5.29. The van der Waals surface area contributed by atoms with Gasteiger partial charge in [-0.05, 0) is 20.3 Å². The summed E-state index contributed by atoms with van der Waals surface area (Å²) in [6.07, 6.45) is 0.590. The van der Waals surface area contributed by atoms with Gasteiger partial charge in [0.15, 0.2) is 0 Å². The monoisotopic (exact) mass is 195 g/mol. The SMILES string of the molecule is Cc1nn(C)c(C)c1C1CC(O)CN1. The van der Waals surface area contributed by atoms with Crippen LogP contribution in [0.2, 0.25) is 0 Å². The van der Waals surface area contributed by atoms with Crippen LogP contribution in [0.25, 0.3) is 0 Å². The van der Waals surface area contributed by atoms with Crippen LogP contribution in [0.5, 0.6) is 0 Å². The van der Waals surface area contributed by atoms with Gasteiger partial charge in [-0.25, -0.2) is 0 Å². The summed E-state index contributed by atoms with van der Waals surface area (Å²) in [6, 6.07) is 0.277. The van der Waals surface area contributed by atoms with E-state index in [1.807, 2.05) is 18.7 Å². The van der Waals surface area contributed by atoms with Crippen molar-refractivity contribution in [1.82, 2.24) is 15.1 Å². The summed E-state index contributed by atoms with van der Waals surface area (Å²) in [5.74, 6) is 0. The van der Waals surface area contributed by atoms with E-state index in [4.69, 9.17) is 0 Å². The third-order valence-corrected chi connectivity index (χ3v) is 3.02. The van der Waals surface area contributed by atoms with E-state index in [9.17, 15) is 5.11 Å². The molecule has 0 bridgehead atoms. The van der Waals surface area contributed by atoms with E-state index in [0.29, 0.717) is 6.54 Å². The van der Waals surface area contributed by atoms with E-state index in [-0.39, 0.29) is 12.1 Å². The van der Waals surface area contributed by atoms with Crippen molar-refractivity contribution in [3.05, 3.63) is 17.0 Å². The first-order valence-electron chi connectivity index (χ1n) is 5.01. The highest BCUT2D eigenvalue weighted by Gasteiger charge is 2.27. The Morgan fingerprint density at radius 2 is 2.21 bits per heavy atom. The molecule has 0 amide bonds. The molecule has 1 aliphatic heterocycles. The molecule has 2 N–H and O–H groups in total. The van der Waals surface area contributed by atoms with Crippen LogP contribution in [0.3, 0.4) is 0 Å². The number of aliphatic hydroxyl groups excluding tert-OH is 1. The molecule has 1 aliphatic rings. The molecule has 2 heterocycles. The van der Waals surface area contributed by atoms with Gasteiger partial charge in [0.2, 0.25) is 0 Å². The largest absolute Gasteiger partial charge is 0.392 e. The van der Waals surface area contributed by atoms with Gasteiger partial charge in [-0.1, -0.05) is 0 Å². The second-order valence-electron chi connectivity index (χ2n) is 4.06. The van der Waals surface area contributed by atoms with E-state index >= 15 is 0 Å². The summed E-state index contributed by atoms with van der Waals surface area (Å²) in [6.45, 7) is 4.79. The summed E-state index contributed by atoms with van der Waals surface area (Å²) in [5, 5.41) is 17.1. The number of nitrogens with zero attached hydrogens (tertiary/aromatic N) is 2. The van der Waals surface area contributed by atoms with Crippen LogP contribution in [0, 0.1) is 13.8 Å². The standard InChI is InChI=1S/C10H17N3O/c1-6-10(7(2)13(3)12-6)9-4-8(14)5-11-9/h8-9,11,14H,4-5H2,1-3H3. The molecule has 4 nitrogen and oxygen atoms in total. The van der Waals surface area contributed by atoms with Crippen molar-refractivity contribution < 1.29 is 5.11 Å². The number of aromatic nitrogens is 2. The quantitative estimate of drug-likeness (QED) is 0.683. The van der Waals surface area contributed by atoms with Crippen molar-refractivity contribution in [3.63, 3.8) is 0 Å². The van der Waals surface area contributed by atoms with E-state index in [2.05, 4.69) is 17.3 Å². The minimum Gasteiger partial charge on any atom is -0.392 e. The first-order chi connectivity index (χ1) is 6.59. The number of hydrogen-bond acceptors (Lipinski definition) is 3. The molecular formula is C10H17N3O. The van der Waals surface area contributed by atoms with E-state index in [1.54, 1.807) is 0 Å². The smallest absolute Gasteiger partial charge is 0.0683 e. The Bertz CT molecular complexity index is 345. The van der Waals surface area contributed by atoms with E-state index in [0.717, 1.165) is 12.1 Å². The summed E-state index contributed by atoms with van der Waals surface area (Å²) < 4.78 is 1.90. The molecule has 2 rings (SSSR count). The molecule has 1 fully saturated rings. The normalized spacial score (nSPS) is 27.1. The number of aliphatic hydroxyl groups is 1. The maximum absolute atomic E-state index is 9.46. The van der Waals surface area contributed by atoms with Crippen LogP contribution in [-0.4, -0.2) is 27.5 Å². The zero-order valence-corrected chi connectivity index (χ0v) is 8.91. The fraction of sp³-hybridized carbons (Fsp3) is 0.700. The predicted molar refractivity (Wildman–Crippen MR) is 54.0 cm³/mol. The van der Waals surface area contributed by atoms with Gasteiger partial charge in [0.05, 0.1) is 11.8 Å². The maximum Gasteiger partial charge on any atom is 0.0683 e. The van der Waals surface area contributed by atoms with Gasteiger partial charge < -0.3 is 10.4 Å². The molecule has 2 unspecified atom stereocenters. The van der Waals surface area contributed by atoms with Crippen molar-refractivity contribution in [3.8, 4) is 0 Å². The number of rotatable bonds is 1. The Kier molecular flexibility index (Phi) is 2.33. The summed E-state index contributed by atoms with van der Waals surface area (Å²) in [5.41, 5.74) is 3.51. The van der Waals surface area contributed by atoms with Gasteiger partial charge in [0.1, 0.15) is 0 Å². The molecule has 78 valence electrons. The maximum atomic E-state index is 9.46. The second-order valence-corrected chi connectivity index (χ2v) is 4.06. The lowest BCUT2D eigenvalue weighted by molar-refractivity contribution is 0.193. The highest BCUT2D eigenvalue weighted by Crippen LogP contribution is 2.28. The lowest BCUT2D eigenvalue weighted by Gasteiger charge is -2.10. The van der Waals surface area contributed by atoms with E-state index in [1.165, 1.54) is 11.3 Å². The molecular weight excluding hydrogens is 178 g/mol. The van der Waals surface area contributed by atoms with Crippen molar-refractivity contribution in [2.24, 2.45) is 7.05 Å². The molecule has 2 atom stereocenters. The lowest BCUT2D eigenvalue weighted by Crippen LogP contribution is -2.15. The van der Waals surface area contributed by atoms with Crippen LogP contribution in [0.4, 0.5) is 0 Å². The lowest BCUT2D eigenvalue weighted by atomic mass is 10.0. The third-order valence-electron chi connectivity index (χ3n) is 3.02. The van der Waals surface area contributed by atoms with Gasteiger partial charge in [0, 0.05) is 30.9 Å². The molecule has 0 radical (unpaired) electrons. The molecule has 14 heavy (non-hydrogen) atoms. The molecule has 0 saturated carbocycles. The van der Waals surface area contributed by atoms with Crippen molar-refractivity contribution in [2.75, 3.05) is 6.54 Å². The zero-order valence-electron chi connectivity index (χ0n) is 8.91. The molecule has 0 aliphatic carbocycles. The van der Waals surface area contributed by atoms with Gasteiger partial charge in [-0.2, -0.15) is 5.10 Å². The summed E-state index contributed by atoms with van der Waals surface area (Å²) >= 11 is 0. The summed E-state index contributed by atoms with van der Waals surface area (Å²) in [4.78, 5) is 0. The van der Waals surface area contributed by atoms with Gasteiger partial charge in [-0.3, -0.25) is 4.68 Å². The molecule has 4 heteroatoms. The minimum absolute atomic E-state index is 0.209. The van der Waals surface area contributed by atoms with Crippen LogP contribution in [0.1, 0.15) is 29.4 Å². The van der Waals surface area contributed by atoms with Crippen molar-refractivity contribution in [2.45, 2.75) is 32.4 Å². The molecule has 0 spiro atoms. The van der Waals surface area contributed by atoms with E-state index < -0.39 is 0 Å². The van der Waals surface area contributed by atoms with Crippen molar-refractivity contribution >= 4 is 0 Å². The number of β-amino-alcohol motifs (C(OH)–C–C–N with tert-alkyl or cyclic N) is 1. The molecule has 0 aromatic carbocycles. The Hall–Kier alpha value is -0.870. The predicted octanol–water partition coefficient (Wildman–Crippen LogP) is 0.432. The Balaban J connectivity index is 2.31. The topological polar surface area (TPSA) is 50.1 Å². The highest BCUT2D eigenvalue weighted by atomic mass is 16.3. The van der Waals surface area contributed by atoms with Crippen molar-refractivity contribution in [1.29, 1.82) is 0 Å². The van der Waals surface area contributed by atoms with Crippen LogP contribution in [-0.2, 0) is 7.05 Å². The van der Waals surface area contributed by atoms with Crippen LogP contribution in [0.15, 0.2) is 0 Å². The zero-order chi connectivity index (χ0) is 10.3. The number of hydrogen-bond donors (Lipinski definition) is 2. The Morgan fingerprint density at radius 1 is 1.50 bits per heavy atom. The first kappa shape index (κ1) is 9.68. The number of nitrogens with one attached hydrogen (secondary N) is 1. The molecule has 1 saturated heterocycles. The van der Waals surface area contributed by atoms with Gasteiger partial charge in [-0.15, -0.1) is 0 Å². The Labute approximate surface area is 83.9 Å². The average Bonchev–Trinajstić information content (AvgIpc) is 2.60. The van der Waals surface area contributed by atoms with Gasteiger partial charge in [0.25, 0.3) is 0 Å². The van der Waals surface area contributed by atoms with Crippen LogP contribution < -0.4 is 5.32 Å². The fourth-order valence-electron chi connectivity index (χ4n) is 2.23. The number of aryl methyl sites for hydroxylation is 2. The van der Waals surface area contributed by atoms with Crippen LogP contribution >= 0.6 is 0 Å². The summed E-state index contributed by atoms with van der Waals surface area (Å²) in [7, 11) is 1.96. The van der Waals surface area contributed by atoms with Gasteiger partial charge >= 0.3 is 0 Å². The molecule has 1 aromatic rings. The second kappa shape index (κ2) is 3.37. The average molecular weight is 195 g/mol. The third kappa shape index (κ3) is 1.44. The first-order valence-corrected chi connectivity index (χ1v) is 5.01. The minimum atomic E-state index is -0.209. The molecule has 1 aromatic heterocycles. The fourth-order valence-corrected chi connectivity index (χ4v) is 2.23.